The van der Waals surface area contributed by atoms with Gasteiger partial charge in [-0.15, -0.1) is 0 Å². The van der Waals surface area contributed by atoms with Crippen LogP contribution in [0.3, 0.4) is 0 Å². The first-order valence-corrected chi connectivity index (χ1v) is 7.56. The van der Waals surface area contributed by atoms with E-state index in [-0.39, 0.29) is 4.90 Å². The zero-order valence-corrected chi connectivity index (χ0v) is 11.6. The number of carbonyl (C=O) groups excluding carboxylic acids is 1. The molecule has 0 aromatic heterocycles. The molecular weight excluding hydrogens is 279 g/mol. The number of carbonyl (C=O) groups is 1. The Labute approximate surface area is 117 Å². The first-order valence-electron chi connectivity index (χ1n) is 6.01. The minimum Gasteiger partial charge on any atom is -0.293 e. The average molecular weight is 292 g/mol. The summed E-state index contributed by atoms with van der Waals surface area (Å²) >= 11 is 0. The molecule has 0 saturated carbocycles. The van der Waals surface area contributed by atoms with E-state index in [2.05, 4.69) is 0 Å². The highest BCUT2D eigenvalue weighted by molar-refractivity contribution is 7.92. The van der Waals surface area contributed by atoms with Crippen LogP contribution in [0.1, 0.15) is 17.3 Å². The first-order chi connectivity index (χ1) is 9.43. The Balaban J connectivity index is 2.37. The van der Waals surface area contributed by atoms with Crippen LogP contribution in [0.15, 0.2) is 59.5 Å². The van der Waals surface area contributed by atoms with Crippen molar-refractivity contribution in [1.29, 1.82) is 0 Å². The summed E-state index contributed by atoms with van der Waals surface area (Å²) in [5.74, 6) is -1.15. The largest absolute Gasteiger partial charge is 0.293 e. The Morgan fingerprint density at radius 3 is 2.30 bits per heavy atom. The lowest BCUT2D eigenvalue weighted by Crippen LogP contribution is -2.27. The van der Waals surface area contributed by atoms with Gasteiger partial charge < -0.3 is 0 Å². The molecule has 2 rings (SSSR count). The van der Waals surface area contributed by atoms with Gasteiger partial charge in [0.2, 0.25) is 0 Å². The normalized spacial score (nSPS) is 12.9. The van der Waals surface area contributed by atoms with Crippen molar-refractivity contribution in [2.75, 3.05) is 0 Å². The van der Waals surface area contributed by atoms with E-state index in [1.165, 1.54) is 19.1 Å². The second kappa shape index (κ2) is 5.54. The number of ketones is 1. The molecule has 2 aromatic carbocycles. The highest BCUT2D eigenvalue weighted by Gasteiger charge is 2.30. The van der Waals surface area contributed by atoms with E-state index in [4.69, 9.17) is 0 Å². The molecule has 0 radical (unpaired) electrons. The molecule has 0 bridgehead atoms. The van der Waals surface area contributed by atoms with Crippen LogP contribution in [0.25, 0.3) is 0 Å². The highest BCUT2D eigenvalue weighted by Crippen LogP contribution is 2.20. The summed E-state index contributed by atoms with van der Waals surface area (Å²) in [6.45, 7) is 1.32. The average Bonchev–Trinajstić information content (AvgIpc) is 2.46. The van der Waals surface area contributed by atoms with Crippen molar-refractivity contribution in [1.82, 2.24) is 0 Å². The SMILES string of the molecule is CC(C(=O)c1ccccc1)S(=O)(=O)c1cccc(F)c1. The summed E-state index contributed by atoms with van der Waals surface area (Å²) in [5, 5.41) is -1.26. The van der Waals surface area contributed by atoms with E-state index in [1.807, 2.05) is 0 Å². The van der Waals surface area contributed by atoms with E-state index >= 15 is 0 Å². The molecule has 0 saturated heterocycles. The Bertz CT molecular complexity index is 724. The van der Waals surface area contributed by atoms with Crippen molar-refractivity contribution >= 4 is 15.6 Å². The molecule has 3 nitrogen and oxygen atoms in total. The topological polar surface area (TPSA) is 51.2 Å². The van der Waals surface area contributed by atoms with Gasteiger partial charge in [-0.2, -0.15) is 0 Å². The lowest BCUT2D eigenvalue weighted by molar-refractivity contribution is 0.0991. The fraction of sp³-hybridized carbons (Fsp3) is 0.133. The van der Waals surface area contributed by atoms with Gasteiger partial charge >= 0.3 is 0 Å². The molecular formula is C15H13FO3S. The molecule has 1 unspecified atom stereocenters. The maximum Gasteiger partial charge on any atom is 0.188 e. The van der Waals surface area contributed by atoms with Crippen LogP contribution in [-0.4, -0.2) is 19.5 Å². The van der Waals surface area contributed by atoms with Crippen molar-refractivity contribution in [3.8, 4) is 0 Å². The summed E-state index contributed by atoms with van der Waals surface area (Å²) in [6, 6.07) is 12.8. The van der Waals surface area contributed by atoms with Crippen molar-refractivity contribution < 1.29 is 17.6 Å². The van der Waals surface area contributed by atoms with E-state index in [0.717, 1.165) is 12.1 Å². The fourth-order valence-corrected chi connectivity index (χ4v) is 3.20. The van der Waals surface area contributed by atoms with Crippen molar-refractivity contribution in [3.05, 3.63) is 66.0 Å². The van der Waals surface area contributed by atoms with Gasteiger partial charge in [0.1, 0.15) is 11.1 Å². The molecule has 0 aliphatic heterocycles. The molecule has 0 fully saturated rings. The molecule has 2 aromatic rings. The maximum atomic E-state index is 13.1. The maximum absolute atomic E-state index is 13.1. The molecule has 104 valence electrons. The molecule has 20 heavy (non-hydrogen) atoms. The Hall–Kier alpha value is -2.01. The molecule has 0 amide bonds. The number of benzene rings is 2. The van der Waals surface area contributed by atoms with E-state index < -0.39 is 26.7 Å². The van der Waals surface area contributed by atoms with Crippen LogP contribution in [0.4, 0.5) is 4.39 Å². The second-order valence-corrected chi connectivity index (χ2v) is 6.64. The van der Waals surface area contributed by atoms with Crippen LogP contribution in [0.2, 0.25) is 0 Å². The smallest absolute Gasteiger partial charge is 0.188 e. The minimum absolute atomic E-state index is 0.186. The predicted octanol–water partition coefficient (Wildman–Crippen LogP) is 2.87. The molecule has 5 heteroatoms. The van der Waals surface area contributed by atoms with Crippen LogP contribution < -0.4 is 0 Å². The standard InChI is InChI=1S/C15H13FO3S/c1-11(15(17)12-6-3-2-4-7-12)20(18,19)14-9-5-8-13(16)10-14/h2-11H,1H3. The highest BCUT2D eigenvalue weighted by atomic mass is 32.2. The number of Topliss-reactive ketones (excluding diaryl/α,β-unsaturated/α-hetero) is 1. The summed E-state index contributed by atoms with van der Waals surface area (Å²) in [4.78, 5) is 12.0. The number of hydrogen-bond donors (Lipinski definition) is 0. The summed E-state index contributed by atoms with van der Waals surface area (Å²) in [5.41, 5.74) is 0.319. The molecule has 0 heterocycles. The third-order valence-corrected chi connectivity index (χ3v) is 5.07. The summed E-state index contributed by atoms with van der Waals surface area (Å²) in [6.07, 6.45) is 0. The molecule has 0 aliphatic rings. The number of halogens is 1. The number of rotatable bonds is 4. The van der Waals surface area contributed by atoms with Gasteiger partial charge in [0.25, 0.3) is 0 Å². The van der Waals surface area contributed by atoms with Crippen LogP contribution >= 0.6 is 0 Å². The Kier molecular flexibility index (Phi) is 3.99. The minimum atomic E-state index is -3.90. The zero-order valence-electron chi connectivity index (χ0n) is 10.8. The number of sulfone groups is 1. The Morgan fingerprint density at radius 2 is 1.70 bits per heavy atom. The van der Waals surface area contributed by atoms with Crippen LogP contribution in [0.5, 0.6) is 0 Å². The fourth-order valence-electron chi connectivity index (χ4n) is 1.83. The van der Waals surface area contributed by atoms with Gasteiger partial charge in [-0.3, -0.25) is 4.79 Å². The van der Waals surface area contributed by atoms with Gasteiger partial charge in [0.05, 0.1) is 4.90 Å². The lowest BCUT2D eigenvalue weighted by atomic mass is 10.1. The van der Waals surface area contributed by atoms with Gasteiger partial charge in [-0.1, -0.05) is 36.4 Å². The molecule has 0 aliphatic carbocycles. The van der Waals surface area contributed by atoms with E-state index in [9.17, 15) is 17.6 Å². The molecule has 0 spiro atoms. The summed E-state index contributed by atoms with van der Waals surface area (Å²) < 4.78 is 37.8. The molecule has 1 atom stereocenters. The van der Waals surface area contributed by atoms with Crippen molar-refractivity contribution in [2.24, 2.45) is 0 Å². The quantitative estimate of drug-likeness (QED) is 0.814. The van der Waals surface area contributed by atoms with Gasteiger partial charge in [-0.25, -0.2) is 12.8 Å². The monoisotopic (exact) mass is 292 g/mol. The van der Waals surface area contributed by atoms with E-state index in [1.54, 1.807) is 30.3 Å². The van der Waals surface area contributed by atoms with Gasteiger partial charge in [-0.05, 0) is 25.1 Å². The number of hydrogen-bond acceptors (Lipinski definition) is 3. The second-order valence-electron chi connectivity index (χ2n) is 4.37. The third kappa shape index (κ3) is 2.77. The third-order valence-electron chi connectivity index (χ3n) is 3.02. The van der Waals surface area contributed by atoms with Crippen molar-refractivity contribution in [2.45, 2.75) is 17.1 Å². The summed E-state index contributed by atoms with van der Waals surface area (Å²) in [7, 11) is -3.90. The zero-order chi connectivity index (χ0) is 14.8. The molecule has 0 N–H and O–H groups in total. The van der Waals surface area contributed by atoms with Gasteiger partial charge in [0, 0.05) is 5.56 Å². The van der Waals surface area contributed by atoms with Crippen LogP contribution in [0, 0.1) is 5.82 Å². The first kappa shape index (κ1) is 14.4. The predicted molar refractivity (Wildman–Crippen MR) is 73.8 cm³/mol. The lowest BCUT2D eigenvalue weighted by Gasteiger charge is -2.12. The van der Waals surface area contributed by atoms with Crippen molar-refractivity contribution in [3.63, 3.8) is 0 Å². The van der Waals surface area contributed by atoms with Gasteiger partial charge in [0.15, 0.2) is 15.6 Å². The van der Waals surface area contributed by atoms with E-state index in [0.29, 0.717) is 5.56 Å². The Morgan fingerprint density at radius 1 is 1.05 bits per heavy atom. The van der Waals surface area contributed by atoms with Crippen LogP contribution in [-0.2, 0) is 9.84 Å².